The maximum atomic E-state index is 4.86. The van der Waals surface area contributed by atoms with Gasteiger partial charge in [0.05, 0.1) is 5.52 Å². The number of fused-ring (bicyclic) bond motifs is 1. The normalized spacial score (nSPS) is 25.5. The van der Waals surface area contributed by atoms with Gasteiger partial charge in [0.2, 0.25) is 0 Å². The smallest absolute Gasteiger partial charge is 0.0705 e. The van der Waals surface area contributed by atoms with Gasteiger partial charge in [-0.2, -0.15) is 0 Å². The molecule has 2 nitrogen and oxygen atoms in total. The van der Waals surface area contributed by atoms with Gasteiger partial charge in [-0.1, -0.05) is 30.7 Å². The molecule has 0 aliphatic heterocycles. The highest BCUT2D eigenvalue weighted by atomic mass is 14.9. The molecule has 2 unspecified atom stereocenters. The van der Waals surface area contributed by atoms with E-state index in [1.165, 1.54) is 49.7 Å². The van der Waals surface area contributed by atoms with Crippen molar-refractivity contribution in [2.75, 3.05) is 6.54 Å². The molecule has 0 bridgehead atoms. The van der Waals surface area contributed by atoms with Crippen LogP contribution >= 0.6 is 0 Å². The van der Waals surface area contributed by atoms with Gasteiger partial charge >= 0.3 is 0 Å². The lowest BCUT2D eigenvalue weighted by atomic mass is 9.91. The van der Waals surface area contributed by atoms with E-state index in [-0.39, 0.29) is 0 Å². The molecule has 1 aromatic carbocycles. The summed E-state index contributed by atoms with van der Waals surface area (Å²) in [6.45, 7) is 1.23. The van der Waals surface area contributed by atoms with Crippen molar-refractivity contribution >= 4 is 10.9 Å². The van der Waals surface area contributed by atoms with Crippen molar-refractivity contribution in [1.29, 1.82) is 0 Å². The summed E-state index contributed by atoms with van der Waals surface area (Å²) in [4.78, 5) is 4.86. The molecule has 1 N–H and O–H groups in total. The minimum Gasteiger partial charge on any atom is -0.314 e. The highest BCUT2D eigenvalue weighted by Crippen LogP contribution is 2.34. The SMILES string of the molecule is c1ccc2nc(CC3CCCC3CNC3CC3)ccc2c1. The van der Waals surface area contributed by atoms with Crippen LogP contribution in [0.4, 0.5) is 0 Å². The van der Waals surface area contributed by atoms with E-state index >= 15 is 0 Å². The van der Waals surface area contributed by atoms with Crippen LogP contribution in [0.25, 0.3) is 10.9 Å². The molecule has 2 aliphatic rings. The largest absolute Gasteiger partial charge is 0.314 e. The molecule has 0 amide bonds. The summed E-state index contributed by atoms with van der Waals surface area (Å²) in [6.07, 6.45) is 8.12. The van der Waals surface area contributed by atoms with Gasteiger partial charge in [-0.05, 0) is 62.6 Å². The summed E-state index contributed by atoms with van der Waals surface area (Å²) >= 11 is 0. The van der Waals surface area contributed by atoms with Crippen molar-refractivity contribution in [2.24, 2.45) is 11.8 Å². The zero-order chi connectivity index (χ0) is 14.1. The summed E-state index contributed by atoms with van der Waals surface area (Å²) < 4.78 is 0. The van der Waals surface area contributed by atoms with Crippen molar-refractivity contribution in [1.82, 2.24) is 10.3 Å². The molecule has 21 heavy (non-hydrogen) atoms. The van der Waals surface area contributed by atoms with Crippen molar-refractivity contribution in [3.05, 3.63) is 42.1 Å². The molecule has 2 heteroatoms. The third-order valence-electron chi connectivity index (χ3n) is 5.19. The van der Waals surface area contributed by atoms with Crippen molar-refractivity contribution in [2.45, 2.75) is 44.6 Å². The zero-order valence-corrected chi connectivity index (χ0v) is 12.6. The lowest BCUT2D eigenvalue weighted by molar-refractivity contribution is 0.362. The van der Waals surface area contributed by atoms with Gasteiger partial charge < -0.3 is 5.32 Å². The van der Waals surface area contributed by atoms with E-state index in [9.17, 15) is 0 Å². The van der Waals surface area contributed by atoms with Gasteiger partial charge in [0, 0.05) is 17.1 Å². The Morgan fingerprint density at radius 1 is 0.952 bits per heavy atom. The average molecular weight is 280 g/mol. The van der Waals surface area contributed by atoms with E-state index in [2.05, 4.69) is 41.7 Å². The number of hydrogen-bond acceptors (Lipinski definition) is 2. The Balaban J connectivity index is 1.44. The minimum absolute atomic E-state index is 0.824. The number of rotatable bonds is 5. The summed E-state index contributed by atoms with van der Waals surface area (Å²) in [5, 5.41) is 4.97. The van der Waals surface area contributed by atoms with E-state index in [1.807, 2.05) is 0 Å². The predicted octanol–water partition coefficient (Wildman–Crippen LogP) is 3.95. The second-order valence-electron chi connectivity index (χ2n) is 6.83. The molecule has 0 radical (unpaired) electrons. The number of hydrogen-bond donors (Lipinski definition) is 1. The minimum atomic E-state index is 0.824. The summed E-state index contributed by atoms with van der Waals surface area (Å²) in [5.74, 6) is 1.68. The number of benzene rings is 1. The molecule has 2 saturated carbocycles. The van der Waals surface area contributed by atoms with Crippen molar-refractivity contribution in [3.63, 3.8) is 0 Å². The zero-order valence-electron chi connectivity index (χ0n) is 12.6. The van der Waals surface area contributed by atoms with Crippen LogP contribution < -0.4 is 5.32 Å². The first kappa shape index (κ1) is 13.3. The van der Waals surface area contributed by atoms with Gasteiger partial charge in [-0.3, -0.25) is 4.98 Å². The van der Waals surface area contributed by atoms with E-state index in [4.69, 9.17) is 4.98 Å². The number of nitrogens with zero attached hydrogens (tertiary/aromatic N) is 1. The molecule has 0 spiro atoms. The van der Waals surface area contributed by atoms with E-state index < -0.39 is 0 Å². The molecule has 2 aliphatic carbocycles. The Morgan fingerprint density at radius 3 is 2.71 bits per heavy atom. The standard InChI is InChI=1S/C19H24N2/c1-2-7-19-14(4-1)8-9-18(21-19)12-15-5-3-6-16(15)13-20-17-10-11-17/h1-2,4,7-9,15-17,20H,3,5-6,10-13H2. The summed E-state index contributed by atoms with van der Waals surface area (Å²) in [5.41, 5.74) is 2.41. The molecule has 4 rings (SSSR count). The molecular formula is C19H24N2. The number of nitrogens with one attached hydrogen (secondary N) is 1. The molecule has 2 aromatic rings. The fourth-order valence-electron chi connectivity index (χ4n) is 3.75. The van der Waals surface area contributed by atoms with Gasteiger partial charge in [0.15, 0.2) is 0 Å². The van der Waals surface area contributed by atoms with Gasteiger partial charge in [-0.25, -0.2) is 0 Å². The Bertz CT molecular complexity index is 618. The van der Waals surface area contributed by atoms with Crippen LogP contribution in [0.2, 0.25) is 0 Å². The molecule has 2 fully saturated rings. The third kappa shape index (κ3) is 3.11. The number of aromatic nitrogens is 1. The molecule has 1 aromatic heterocycles. The van der Waals surface area contributed by atoms with Crippen LogP contribution in [-0.2, 0) is 6.42 Å². The van der Waals surface area contributed by atoms with Crippen molar-refractivity contribution < 1.29 is 0 Å². The average Bonchev–Trinajstić information content (AvgIpc) is 3.25. The molecule has 2 atom stereocenters. The van der Waals surface area contributed by atoms with Crippen molar-refractivity contribution in [3.8, 4) is 0 Å². The Labute approximate surface area is 127 Å². The van der Waals surface area contributed by atoms with Gasteiger partial charge in [-0.15, -0.1) is 0 Å². The monoisotopic (exact) mass is 280 g/mol. The van der Waals surface area contributed by atoms with E-state index in [1.54, 1.807) is 0 Å². The fourth-order valence-corrected chi connectivity index (χ4v) is 3.75. The first-order valence-electron chi connectivity index (χ1n) is 8.46. The molecule has 1 heterocycles. The van der Waals surface area contributed by atoms with Crippen LogP contribution in [-0.4, -0.2) is 17.6 Å². The highest BCUT2D eigenvalue weighted by molar-refractivity contribution is 5.78. The first-order chi connectivity index (χ1) is 10.4. The first-order valence-corrected chi connectivity index (χ1v) is 8.46. The lowest BCUT2D eigenvalue weighted by Gasteiger charge is -2.20. The second-order valence-corrected chi connectivity index (χ2v) is 6.83. The molecule has 0 saturated heterocycles. The topological polar surface area (TPSA) is 24.9 Å². The van der Waals surface area contributed by atoms with Gasteiger partial charge in [0.25, 0.3) is 0 Å². The van der Waals surface area contributed by atoms with Crippen LogP contribution in [0.15, 0.2) is 36.4 Å². The maximum Gasteiger partial charge on any atom is 0.0705 e. The van der Waals surface area contributed by atoms with E-state index in [0.717, 1.165) is 29.8 Å². The summed E-state index contributed by atoms with van der Waals surface area (Å²) in [7, 11) is 0. The third-order valence-corrected chi connectivity index (χ3v) is 5.19. The molecule has 110 valence electrons. The second kappa shape index (κ2) is 5.76. The fraction of sp³-hybridized carbons (Fsp3) is 0.526. The molecular weight excluding hydrogens is 256 g/mol. The maximum absolute atomic E-state index is 4.86. The quantitative estimate of drug-likeness (QED) is 0.897. The lowest BCUT2D eigenvalue weighted by Crippen LogP contribution is -2.27. The van der Waals surface area contributed by atoms with Crippen LogP contribution in [0.3, 0.4) is 0 Å². The van der Waals surface area contributed by atoms with E-state index in [0.29, 0.717) is 0 Å². The van der Waals surface area contributed by atoms with Crippen LogP contribution in [0, 0.1) is 11.8 Å². The Kier molecular flexibility index (Phi) is 3.64. The summed E-state index contributed by atoms with van der Waals surface area (Å²) in [6, 6.07) is 13.7. The Morgan fingerprint density at radius 2 is 1.81 bits per heavy atom. The van der Waals surface area contributed by atoms with Crippen LogP contribution in [0.1, 0.15) is 37.8 Å². The van der Waals surface area contributed by atoms with Crippen LogP contribution in [0.5, 0.6) is 0 Å². The predicted molar refractivity (Wildman–Crippen MR) is 87.3 cm³/mol. The Hall–Kier alpha value is -1.41. The highest BCUT2D eigenvalue weighted by Gasteiger charge is 2.29. The number of para-hydroxylation sites is 1. The van der Waals surface area contributed by atoms with Gasteiger partial charge in [0.1, 0.15) is 0 Å². The number of pyridine rings is 1.